The molecule has 0 amide bonds. The molecule has 1 heterocycles. The van der Waals surface area contributed by atoms with Gasteiger partial charge in [0.05, 0.1) is 22.8 Å². The normalized spacial score (nSPS) is 10.5. The van der Waals surface area contributed by atoms with E-state index < -0.39 is 0 Å². The number of ether oxygens (including phenoxy) is 1. The Morgan fingerprint density at radius 2 is 2.16 bits per heavy atom. The van der Waals surface area contributed by atoms with E-state index in [1.54, 1.807) is 24.3 Å². The molecule has 0 unspecified atom stereocenters. The first-order valence-electron chi connectivity index (χ1n) is 5.80. The van der Waals surface area contributed by atoms with Crippen LogP contribution in [0.25, 0.3) is 0 Å². The van der Waals surface area contributed by atoms with Crippen LogP contribution in [0.4, 0.5) is 5.82 Å². The molecule has 0 aliphatic carbocycles. The number of hydrogen-bond donors (Lipinski definition) is 1. The number of aryl methyl sites for hydroxylation is 1. The molecule has 0 saturated heterocycles. The summed E-state index contributed by atoms with van der Waals surface area (Å²) in [5.74, 6) is 0.486. The van der Waals surface area contributed by atoms with E-state index in [4.69, 9.17) is 10.5 Å². The smallest absolute Gasteiger partial charge is 0.283 e. The Kier molecular flexibility index (Phi) is 3.90. The largest absolute Gasteiger partial charge is 0.496 e. The summed E-state index contributed by atoms with van der Waals surface area (Å²) in [5, 5.41) is 4.22. The van der Waals surface area contributed by atoms with Crippen molar-refractivity contribution in [2.45, 2.75) is 13.3 Å². The van der Waals surface area contributed by atoms with E-state index in [0.717, 1.165) is 5.69 Å². The summed E-state index contributed by atoms with van der Waals surface area (Å²) in [6, 6.07) is 6.98. The first-order chi connectivity index (χ1) is 9.10. The van der Waals surface area contributed by atoms with Crippen molar-refractivity contribution < 1.29 is 9.53 Å². The quantitative estimate of drug-likeness (QED) is 0.942. The van der Waals surface area contributed by atoms with Crippen molar-refractivity contribution in [3.63, 3.8) is 0 Å². The molecule has 0 radical (unpaired) electrons. The van der Waals surface area contributed by atoms with Gasteiger partial charge in [0.1, 0.15) is 11.6 Å². The van der Waals surface area contributed by atoms with Crippen LogP contribution in [0, 0.1) is 0 Å². The molecule has 0 fully saturated rings. The first kappa shape index (κ1) is 13.6. The fraction of sp³-hybridized carbons (Fsp3) is 0.231. The highest BCUT2D eigenvalue weighted by Crippen LogP contribution is 2.26. The van der Waals surface area contributed by atoms with Gasteiger partial charge in [-0.1, -0.05) is 19.1 Å². The minimum Gasteiger partial charge on any atom is -0.496 e. The van der Waals surface area contributed by atoms with Crippen LogP contribution in [0.1, 0.15) is 23.0 Å². The lowest BCUT2D eigenvalue weighted by atomic mass is 10.2. The molecule has 5 nitrogen and oxygen atoms in total. The van der Waals surface area contributed by atoms with Gasteiger partial charge in [0.15, 0.2) is 0 Å². The molecule has 100 valence electrons. The summed E-state index contributed by atoms with van der Waals surface area (Å²) >= 11 is 3.35. The van der Waals surface area contributed by atoms with Crippen molar-refractivity contribution >= 4 is 27.7 Å². The van der Waals surface area contributed by atoms with Crippen LogP contribution in [0.3, 0.4) is 0 Å². The van der Waals surface area contributed by atoms with Crippen molar-refractivity contribution in [3.8, 4) is 5.75 Å². The van der Waals surface area contributed by atoms with Crippen LogP contribution in [0.15, 0.2) is 28.7 Å². The molecule has 1 aromatic heterocycles. The maximum Gasteiger partial charge on any atom is 0.283 e. The van der Waals surface area contributed by atoms with Crippen molar-refractivity contribution in [2.24, 2.45) is 0 Å². The molecule has 0 aliphatic rings. The van der Waals surface area contributed by atoms with Crippen molar-refractivity contribution in [3.05, 3.63) is 40.0 Å². The number of benzene rings is 1. The molecule has 0 saturated carbocycles. The van der Waals surface area contributed by atoms with Crippen LogP contribution >= 0.6 is 15.9 Å². The van der Waals surface area contributed by atoms with E-state index in [1.165, 1.54) is 11.8 Å². The third kappa shape index (κ3) is 2.35. The minimum atomic E-state index is -0.310. The second kappa shape index (κ2) is 5.44. The van der Waals surface area contributed by atoms with Gasteiger partial charge in [-0.15, -0.1) is 0 Å². The highest BCUT2D eigenvalue weighted by atomic mass is 79.9. The van der Waals surface area contributed by atoms with E-state index in [2.05, 4.69) is 21.0 Å². The highest BCUT2D eigenvalue weighted by Gasteiger charge is 2.20. The number of hydrogen-bond acceptors (Lipinski definition) is 4. The summed E-state index contributed by atoms with van der Waals surface area (Å²) < 4.78 is 7.04. The average molecular weight is 324 g/mol. The second-order valence-electron chi connectivity index (χ2n) is 3.92. The molecule has 19 heavy (non-hydrogen) atoms. The summed E-state index contributed by atoms with van der Waals surface area (Å²) in [7, 11) is 1.52. The Morgan fingerprint density at radius 1 is 1.47 bits per heavy atom. The van der Waals surface area contributed by atoms with Crippen LogP contribution < -0.4 is 10.5 Å². The number of nitrogens with two attached hydrogens (primary N) is 1. The fourth-order valence-corrected chi connectivity index (χ4v) is 2.30. The second-order valence-corrected chi connectivity index (χ2v) is 4.71. The number of halogens is 1. The zero-order valence-electron chi connectivity index (χ0n) is 10.7. The molecule has 0 atom stereocenters. The Balaban J connectivity index is 2.50. The third-order valence-electron chi connectivity index (χ3n) is 2.79. The molecule has 2 aromatic rings. The number of aromatic nitrogens is 2. The molecule has 0 aliphatic heterocycles. The van der Waals surface area contributed by atoms with Crippen molar-refractivity contribution in [2.75, 3.05) is 12.8 Å². The lowest BCUT2D eigenvalue weighted by molar-refractivity contribution is 0.0944. The van der Waals surface area contributed by atoms with Gasteiger partial charge in [0.2, 0.25) is 0 Å². The number of methoxy groups -OCH3 is 1. The van der Waals surface area contributed by atoms with Crippen LogP contribution in [0.2, 0.25) is 0 Å². The summed E-state index contributed by atoms with van der Waals surface area (Å²) in [6.07, 6.45) is 0.691. The third-order valence-corrected chi connectivity index (χ3v) is 3.66. The van der Waals surface area contributed by atoms with Gasteiger partial charge in [-0.25, -0.2) is 0 Å². The maximum atomic E-state index is 12.4. The van der Waals surface area contributed by atoms with Crippen LogP contribution in [-0.4, -0.2) is 22.8 Å². The monoisotopic (exact) mass is 323 g/mol. The Hall–Kier alpha value is -1.82. The van der Waals surface area contributed by atoms with E-state index in [0.29, 0.717) is 28.0 Å². The molecule has 2 N–H and O–H groups in total. The topological polar surface area (TPSA) is 70.1 Å². The SMILES string of the molecule is CCc1nn(C(=O)c2ccccc2OC)c(N)c1Br. The lowest BCUT2D eigenvalue weighted by Gasteiger charge is -2.07. The number of para-hydroxylation sites is 1. The summed E-state index contributed by atoms with van der Waals surface area (Å²) in [6.45, 7) is 1.95. The lowest BCUT2D eigenvalue weighted by Crippen LogP contribution is -2.17. The van der Waals surface area contributed by atoms with Crippen LogP contribution in [-0.2, 0) is 6.42 Å². The number of nitrogen functional groups attached to an aromatic ring is 1. The number of carbonyl (C=O) groups excluding carboxylic acids is 1. The highest BCUT2D eigenvalue weighted by molar-refractivity contribution is 9.10. The maximum absolute atomic E-state index is 12.4. The Morgan fingerprint density at radius 3 is 2.74 bits per heavy atom. The zero-order valence-corrected chi connectivity index (χ0v) is 12.3. The number of nitrogens with zero attached hydrogens (tertiary/aromatic N) is 2. The molecule has 2 rings (SSSR count). The standard InChI is InChI=1S/C13H14BrN3O2/c1-3-9-11(14)12(15)17(16-9)13(18)8-6-4-5-7-10(8)19-2/h4-7H,3,15H2,1-2H3. The summed E-state index contributed by atoms with van der Waals surface area (Å²) in [5.41, 5.74) is 7.08. The van der Waals surface area contributed by atoms with E-state index >= 15 is 0 Å². The van der Waals surface area contributed by atoms with Gasteiger partial charge in [0, 0.05) is 0 Å². The molecule has 0 spiro atoms. The van der Waals surface area contributed by atoms with E-state index in [1.807, 2.05) is 6.92 Å². The van der Waals surface area contributed by atoms with Gasteiger partial charge in [-0.3, -0.25) is 4.79 Å². The number of carbonyl (C=O) groups is 1. The summed E-state index contributed by atoms with van der Waals surface area (Å²) in [4.78, 5) is 12.4. The predicted molar refractivity (Wildman–Crippen MR) is 76.4 cm³/mol. The Labute approximate surface area is 119 Å². The molecule has 1 aromatic carbocycles. The van der Waals surface area contributed by atoms with E-state index in [9.17, 15) is 4.79 Å². The number of anilines is 1. The van der Waals surface area contributed by atoms with Gasteiger partial charge in [-0.2, -0.15) is 9.78 Å². The van der Waals surface area contributed by atoms with Gasteiger partial charge in [0.25, 0.3) is 5.91 Å². The van der Waals surface area contributed by atoms with Crippen molar-refractivity contribution in [1.82, 2.24) is 9.78 Å². The van der Waals surface area contributed by atoms with Crippen molar-refractivity contribution in [1.29, 1.82) is 0 Å². The van der Waals surface area contributed by atoms with Crippen LogP contribution in [0.5, 0.6) is 5.75 Å². The molecular weight excluding hydrogens is 310 g/mol. The van der Waals surface area contributed by atoms with Gasteiger partial charge in [-0.05, 0) is 34.5 Å². The van der Waals surface area contributed by atoms with Gasteiger partial charge >= 0.3 is 0 Å². The molecular formula is C13H14BrN3O2. The van der Waals surface area contributed by atoms with E-state index in [-0.39, 0.29) is 5.91 Å². The Bertz CT molecular complexity index is 622. The first-order valence-corrected chi connectivity index (χ1v) is 6.60. The predicted octanol–water partition coefficient (Wildman–Crippen LogP) is 2.49. The molecule has 0 bridgehead atoms. The minimum absolute atomic E-state index is 0.299. The zero-order chi connectivity index (χ0) is 14.0. The van der Waals surface area contributed by atoms with Gasteiger partial charge < -0.3 is 10.5 Å². The average Bonchev–Trinajstić information content (AvgIpc) is 2.74. The molecule has 6 heteroatoms. The number of rotatable bonds is 3. The fourth-order valence-electron chi connectivity index (χ4n) is 1.78.